The summed E-state index contributed by atoms with van der Waals surface area (Å²) in [6, 6.07) is 5.62. The number of rotatable bonds is 5. The van der Waals surface area contributed by atoms with Gasteiger partial charge in [-0.05, 0) is 50.5 Å². The normalized spacial score (nSPS) is 14.1. The third kappa shape index (κ3) is 4.15. The van der Waals surface area contributed by atoms with Gasteiger partial charge in [0.15, 0.2) is 0 Å². The number of carbonyl (C=O) groups is 1. The Bertz CT molecular complexity index is 425. The molecule has 1 atom stereocenters. The zero-order chi connectivity index (χ0) is 13.8. The molecule has 3 nitrogen and oxygen atoms in total. The summed E-state index contributed by atoms with van der Waals surface area (Å²) in [6.07, 6.45) is 1.58. The van der Waals surface area contributed by atoms with Crippen molar-refractivity contribution in [3.63, 3.8) is 0 Å². The lowest BCUT2D eigenvalue weighted by molar-refractivity contribution is 0.0469. The van der Waals surface area contributed by atoms with E-state index < -0.39 is 5.60 Å². The maximum absolute atomic E-state index is 11.9. The Morgan fingerprint density at radius 1 is 1.33 bits per heavy atom. The topological polar surface area (TPSA) is 49.3 Å². The van der Waals surface area contributed by atoms with Gasteiger partial charge in [-0.3, -0.25) is 4.79 Å². The Morgan fingerprint density at radius 2 is 2.00 bits per heavy atom. The first kappa shape index (κ1) is 14.7. The maximum Gasteiger partial charge on any atom is 0.251 e. The quantitative estimate of drug-likeness (QED) is 0.842. The molecule has 1 aromatic rings. The molecule has 0 saturated heterocycles. The molecular weight excluding hydrogens is 226 g/mol. The first-order valence-corrected chi connectivity index (χ1v) is 6.43. The molecule has 0 spiro atoms. The molecule has 0 aliphatic rings. The largest absolute Gasteiger partial charge is 0.388 e. The van der Waals surface area contributed by atoms with E-state index in [-0.39, 0.29) is 12.5 Å². The van der Waals surface area contributed by atoms with Crippen molar-refractivity contribution in [1.82, 2.24) is 5.32 Å². The molecule has 0 bridgehead atoms. The van der Waals surface area contributed by atoms with E-state index in [0.29, 0.717) is 12.0 Å². The van der Waals surface area contributed by atoms with Gasteiger partial charge < -0.3 is 10.4 Å². The van der Waals surface area contributed by atoms with Crippen LogP contribution in [0.15, 0.2) is 18.2 Å². The Hall–Kier alpha value is -1.35. The minimum Gasteiger partial charge on any atom is -0.388 e. The Labute approximate surface area is 109 Å². The first-order valence-electron chi connectivity index (χ1n) is 6.43. The summed E-state index contributed by atoms with van der Waals surface area (Å²) in [6.45, 7) is 8.05. The Kier molecular flexibility index (Phi) is 4.91. The summed E-state index contributed by atoms with van der Waals surface area (Å²) in [5, 5.41) is 12.8. The second-order valence-electron chi connectivity index (χ2n) is 5.23. The minimum atomic E-state index is -0.829. The molecule has 3 heteroatoms. The molecule has 1 amide bonds. The molecule has 0 radical (unpaired) electrons. The third-order valence-corrected chi connectivity index (χ3v) is 3.19. The van der Waals surface area contributed by atoms with E-state index in [1.54, 1.807) is 6.92 Å². The zero-order valence-corrected chi connectivity index (χ0v) is 11.7. The van der Waals surface area contributed by atoms with Crippen LogP contribution in [0.5, 0.6) is 0 Å². The van der Waals surface area contributed by atoms with Gasteiger partial charge in [-0.2, -0.15) is 0 Å². The smallest absolute Gasteiger partial charge is 0.251 e. The zero-order valence-electron chi connectivity index (χ0n) is 11.7. The van der Waals surface area contributed by atoms with Crippen molar-refractivity contribution in [3.05, 3.63) is 34.9 Å². The van der Waals surface area contributed by atoms with Crippen LogP contribution in [0.25, 0.3) is 0 Å². The predicted octanol–water partition coefficient (Wildman–Crippen LogP) is 2.58. The van der Waals surface area contributed by atoms with Crippen molar-refractivity contribution in [2.45, 2.75) is 46.1 Å². The highest BCUT2D eigenvalue weighted by molar-refractivity contribution is 5.94. The van der Waals surface area contributed by atoms with Crippen molar-refractivity contribution >= 4 is 5.91 Å². The van der Waals surface area contributed by atoms with Gasteiger partial charge in [-0.1, -0.05) is 19.4 Å². The summed E-state index contributed by atoms with van der Waals surface area (Å²) in [7, 11) is 0. The number of hydrogen-bond acceptors (Lipinski definition) is 2. The van der Waals surface area contributed by atoms with Crippen LogP contribution in [0.4, 0.5) is 0 Å². The van der Waals surface area contributed by atoms with Crippen LogP contribution in [0.3, 0.4) is 0 Å². The van der Waals surface area contributed by atoms with Crippen LogP contribution in [-0.2, 0) is 0 Å². The van der Waals surface area contributed by atoms with Crippen molar-refractivity contribution in [1.29, 1.82) is 0 Å². The van der Waals surface area contributed by atoms with Crippen molar-refractivity contribution in [2.24, 2.45) is 0 Å². The molecule has 0 fully saturated rings. The summed E-state index contributed by atoms with van der Waals surface area (Å²) >= 11 is 0. The highest BCUT2D eigenvalue weighted by Crippen LogP contribution is 2.12. The molecule has 100 valence electrons. The molecule has 0 aromatic heterocycles. The van der Waals surface area contributed by atoms with Gasteiger partial charge in [-0.15, -0.1) is 0 Å². The van der Waals surface area contributed by atoms with Gasteiger partial charge in [0.1, 0.15) is 0 Å². The number of benzene rings is 1. The van der Waals surface area contributed by atoms with Gasteiger partial charge in [0, 0.05) is 12.1 Å². The number of nitrogens with one attached hydrogen (secondary N) is 1. The molecule has 1 rings (SSSR count). The fraction of sp³-hybridized carbons (Fsp3) is 0.533. The molecule has 18 heavy (non-hydrogen) atoms. The highest BCUT2D eigenvalue weighted by atomic mass is 16.3. The predicted molar refractivity (Wildman–Crippen MR) is 73.8 cm³/mol. The Balaban J connectivity index is 2.63. The number of aliphatic hydroxyl groups is 1. The lowest BCUT2D eigenvalue weighted by atomic mass is 10.0. The summed E-state index contributed by atoms with van der Waals surface area (Å²) in [5.74, 6) is -0.130. The lowest BCUT2D eigenvalue weighted by Gasteiger charge is -2.23. The second-order valence-corrected chi connectivity index (χ2v) is 5.23. The van der Waals surface area contributed by atoms with Crippen LogP contribution in [0, 0.1) is 13.8 Å². The monoisotopic (exact) mass is 249 g/mol. The molecule has 0 aliphatic carbocycles. The van der Waals surface area contributed by atoms with Crippen LogP contribution >= 0.6 is 0 Å². The molecule has 0 aliphatic heterocycles. The average Bonchev–Trinajstić information content (AvgIpc) is 2.30. The average molecular weight is 249 g/mol. The molecule has 0 saturated carbocycles. The van der Waals surface area contributed by atoms with E-state index in [2.05, 4.69) is 5.32 Å². The third-order valence-electron chi connectivity index (χ3n) is 3.19. The minimum absolute atomic E-state index is 0.130. The summed E-state index contributed by atoms with van der Waals surface area (Å²) < 4.78 is 0. The molecule has 0 heterocycles. The fourth-order valence-corrected chi connectivity index (χ4v) is 1.88. The van der Waals surface area contributed by atoms with Crippen molar-refractivity contribution in [3.8, 4) is 0 Å². The number of carbonyl (C=O) groups excluding carboxylic acids is 1. The summed E-state index contributed by atoms with van der Waals surface area (Å²) in [4.78, 5) is 11.9. The molecule has 1 aromatic carbocycles. The van der Waals surface area contributed by atoms with Crippen LogP contribution in [0.1, 0.15) is 48.2 Å². The van der Waals surface area contributed by atoms with E-state index >= 15 is 0 Å². The Morgan fingerprint density at radius 3 is 2.56 bits per heavy atom. The van der Waals surface area contributed by atoms with Gasteiger partial charge in [0.2, 0.25) is 0 Å². The van der Waals surface area contributed by atoms with Gasteiger partial charge >= 0.3 is 0 Å². The number of amides is 1. The van der Waals surface area contributed by atoms with E-state index in [4.69, 9.17) is 0 Å². The van der Waals surface area contributed by atoms with Crippen LogP contribution < -0.4 is 5.32 Å². The molecular formula is C15H23NO2. The molecule has 2 N–H and O–H groups in total. The highest BCUT2D eigenvalue weighted by Gasteiger charge is 2.20. The number of hydrogen-bond donors (Lipinski definition) is 2. The van der Waals surface area contributed by atoms with Crippen molar-refractivity contribution in [2.75, 3.05) is 6.54 Å². The number of aryl methyl sites for hydroxylation is 2. The van der Waals surface area contributed by atoms with Gasteiger partial charge in [0.05, 0.1) is 5.60 Å². The summed E-state index contributed by atoms with van der Waals surface area (Å²) in [5.41, 5.74) is 2.09. The van der Waals surface area contributed by atoms with Gasteiger partial charge in [0.25, 0.3) is 5.91 Å². The fourth-order valence-electron chi connectivity index (χ4n) is 1.88. The van der Waals surface area contributed by atoms with Crippen LogP contribution in [0.2, 0.25) is 0 Å². The van der Waals surface area contributed by atoms with E-state index in [1.165, 1.54) is 5.56 Å². The second kappa shape index (κ2) is 6.01. The van der Waals surface area contributed by atoms with Crippen LogP contribution in [-0.4, -0.2) is 23.2 Å². The van der Waals surface area contributed by atoms with E-state index in [0.717, 1.165) is 12.0 Å². The first-order chi connectivity index (χ1) is 8.35. The SMILES string of the molecule is CCCC(C)(O)CNC(=O)c1ccc(C)c(C)c1. The standard InChI is InChI=1S/C15H23NO2/c1-5-8-15(4,18)10-16-14(17)13-7-6-11(2)12(3)9-13/h6-7,9,18H,5,8,10H2,1-4H3,(H,16,17). The van der Waals surface area contributed by atoms with E-state index in [1.807, 2.05) is 39.0 Å². The molecule has 1 unspecified atom stereocenters. The van der Waals surface area contributed by atoms with E-state index in [9.17, 15) is 9.90 Å². The lowest BCUT2D eigenvalue weighted by Crippen LogP contribution is -2.40. The maximum atomic E-state index is 11.9. The van der Waals surface area contributed by atoms with Gasteiger partial charge in [-0.25, -0.2) is 0 Å². The van der Waals surface area contributed by atoms with Crippen molar-refractivity contribution < 1.29 is 9.90 Å².